The second-order valence-electron chi connectivity index (χ2n) is 5.26. The number of nitro groups is 1. The number of aromatic nitrogens is 1. The van der Waals surface area contributed by atoms with Crippen LogP contribution in [0.4, 0.5) is 11.5 Å². The molecule has 1 aromatic heterocycles. The predicted molar refractivity (Wildman–Crippen MR) is 71.9 cm³/mol. The van der Waals surface area contributed by atoms with Crippen molar-refractivity contribution in [3.8, 4) is 0 Å². The lowest BCUT2D eigenvalue weighted by Gasteiger charge is -2.23. The smallest absolute Gasteiger partial charge is 0.274 e. The van der Waals surface area contributed by atoms with Gasteiger partial charge in [-0.2, -0.15) is 0 Å². The number of carbonyl (C=O) groups is 1. The average Bonchev–Trinajstić information content (AvgIpc) is 2.27. The minimum atomic E-state index is -0.534. The Morgan fingerprint density at radius 3 is 2.63 bits per heavy atom. The largest absolute Gasteiger partial charge is 0.358 e. The fraction of sp³-hybridized carbons (Fsp3) is 0.500. The number of nitrogens with zero attached hydrogens (tertiary/aromatic N) is 2. The summed E-state index contributed by atoms with van der Waals surface area (Å²) in [6.07, 6.45) is 1.33. The van der Waals surface area contributed by atoms with E-state index >= 15 is 0 Å². The van der Waals surface area contributed by atoms with Crippen LogP contribution >= 0.6 is 0 Å². The highest BCUT2D eigenvalue weighted by Crippen LogP contribution is 2.15. The SMILES string of the molecule is CC(Nc1cc([N+](=O)[O-])ccn1)C(=O)NC(C)(C)C. The number of anilines is 1. The van der Waals surface area contributed by atoms with Crippen LogP contribution in [0, 0.1) is 10.1 Å². The van der Waals surface area contributed by atoms with Gasteiger partial charge in [0.05, 0.1) is 11.0 Å². The zero-order valence-corrected chi connectivity index (χ0v) is 11.4. The Balaban J connectivity index is 2.71. The van der Waals surface area contributed by atoms with Crippen molar-refractivity contribution in [3.63, 3.8) is 0 Å². The van der Waals surface area contributed by atoms with Gasteiger partial charge in [-0.15, -0.1) is 0 Å². The number of nitrogens with one attached hydrogen (secondary N) is 2. The van der Waals surface area contributed by atoms with Gasteiger partial charge >= 0.3 is 0 Å². The summed E-state index contributed by atoms with van der Waals surface area (Å²) in [6.45, 7) is 7.30. The molecule has 0 fully saturated rings. The first kappa shape index (κ1) is 14.9. The molecule has 0 aliphatic rings. The molecule has 1 heterocycles. The first-order valence-electron chi connectivity index (χ1n) is 5.88. The van der Waals surface area contributed by atoms with Gasteiger partial charge in [-0.1, -0.05) is 0 Å². The Hall–Kier alpha value is -2.18. The molecule has 1 aromatic rings. The van der Waals surface area contributed by atoms with Gasteiger partial charge in [-0.05, 0) is 27.7 Å². The molecular weight excluding hydrogens is 248 g/mol. The Bertz CT molecular complexity index is 482. The molecule has 0 spiro atoms. The van der Waals surface area contributed by atoms with Crippen LogP contribution in [0.1, 0.15) is 27.7 Å². The minimum Gasteiger partial charge on any atom is -0.358 e. The lowest BCUT2D eigenvalue weighted by atomic mass is 10.1. The average molecular weight is 266 g/mol. The Labute approximate surface area is 111 Å². The van der Waals surface area contributed by atoms with Crippen molar-refractivity contribution in [1.29, 1.82) is 0 Å². The molecule has 0 bridgehead atoms. The monoisotopic (exact) mass is 266 g/mol. The summed E-state index contributed by atoms with van der Waals surface area (Å²) in [6, 6.07) is 2.06. The molecule has 1 rings (SSSR count). The summed E-state index contributed by atoms with van der Waals surface area (Å²) in [7, 11) is 0. The molecule has 0 aliphatic carbocycles. The number of rotatable bonds is 4. The van der Waals surface area contributed by atoms with Crippen molar-refractivity contribution >= 4 is 17.4 Å². The zero-order valence-electron chi connectivity index (χ0n) is 11.4. The number of hydrogen-bond donors (Lipinski definition) is 2. The molecule has 1 unspecified atom stereocenters. The second kappa shape index (κ2) is 5.64. The molecule has 7 nitrogen and oxygen atoms in total. The molecule has 1 amide bonds. The van der Waals surface area contributed by atoms with Crippen LogP contribution in [0.25, 0.3) is 0 Å². The van der Waals surface area contributed by atoms with E-state index in [-0.39, 0.29) is 17.1 Å². The van der Waals surface area contributed by atoms with Crippen LogP contribution in [-0.2, 0) is 4.79 Å². The zero-order chi connectivity index (χ0) is 14.6. The molecule has 104 valence electrons. The summed E-state index contributed by atoms with van der Waals surface area (Å²) in [4.78, 5) is 25.9. The van der Waals surface area contributed by atoms with Crippen LogP contribution < -0.4 is 10.6 Å². The van der Waals surface area contributed by atoms with E-state index in [2.05, 4.69) is 15.6 Å². The summed E-state index contributed by atoms with van der Waals surface area (Å²) < 4.78 is 0. The van der Waals surface area contributed by atoms with E-state index in [1.54, 1.807) is 6.92 Å². The van der Waals surface area contributed by atoms with Gasteiger partial charge in [0, 0.05) is 17.8 Å². The van der Waals surface area contributed by atoms with E-state index in [1.807, 2.05) is 20.8 Å². The number of pyridine rings is 1. The second-order valence-corrected chi connectivity index (χ2v) is 5.26. The minimum absolute atomic E-state index is 0.0686. The van der Waals surface area contributed by atoms with Crippen LogP contribution in [0.3, 0.4) is 0 Å². The van der Waals surface area contributed by atoms with Crippen LogP contribution in [0.15, 0.2) is 18.3 Å². The molecule has 0 aliphatic heterocycles. The van der Waals surface area contributed by atoms with Crippen molar-refractivity contribution in [3.05, 3.63) is 28.4 Å². The lowest BCUT2D eigenvalue weighted by molar-refractivity contribution is -0.384. The van der Waals surface area contributed by atoms with E-state index < -0.39 is 11.0 Å². The van der Waals surface area contributed by atoms with E-state index in [0.717, 1.165) is 0 Å². The fourth-order valence-electron chi connectivity index (χ4n) is 1.38. The predicted octanol–water partition coefficient (Wildman–Crippen LogP) is 1.70. The molecule has 2 N–H and O–H groups in total. The van der Waals surface area contributed by atoms with Crippen LogP contribution in [0.2, 0.25) is 0 Å². The van der Waals surface area contributed by atoms with Gasteiger partial charge in [0.1, 0.15) is 11.9 Å². The third kappa shape index (κ3) is 4.90. The Morgan fingerprint density at radius 1 is 1.47 bits per heavy atom. The van der Waals surface area contributed by atoms with Gasteiger partial charge in [0.25, 0.3) is 5.69 Å². The van der Waals surface area contributed by atoms with Gasteiger partial charge in [-0.25, -0.2) is 4.98 Å². The van der Waals surface area contributed by atoms with E-state index in [1.165, 1.54) is 18.3 Å². The van der Waals surface area contributed by atoms with E-state index in [9.17, 15) is 14.9 Å². The summed E-state index contributed by atoms with van der Waals surface area (Å²) in [5.74, 6) is 0.103. The highest BCUT2D eigenvalue weighted by Gasteiger charge is 2.19. The van der Waals surface area contributed by atoms with Gasteiger partial charge in [-0.3, -0.25) is 14.9 Å². The molecule has 0 saturated heterocycles. The van der Waals surface area contributed by atoms with Gasteiger partial charge in [0.2, 0.25) is 5.91 Å². The maximum Gasteiger partial charge on any atom is 0.274 e. The van der Waals surface area contributed by atoms with Crippen molar-refractivity contribution in [2.24, 2.45) is 0 Å². The van der Waals surface area contributed by atoms with Crippen molar-refractivity contribution in [2.45, 2.75) is 39.3 Å². The number of carbonyl (C=O) groups excluding carboxylic acids is 1. The van der Waals surface area contributed by atoms with Gasteiger partial charge < -0.3 is 10.6 Å². The fourth-order valence-corrected chi connectivity index (χ4v) is 1.38. The maximum absolute atomic E-state index is 11.8. The highest BCUT2D eigenvalue weighted by molar-refractivity contribution is 5.84. The summed E-state index contributed by atoms with van der Waals surface area (Å²) in [5.41, 5.74) is -0.399. The molecule has 0 saturated carbocycles. The first-order chi connectivity index (χ1) is 8.69. The lowest BCUT2D eigenvalue weighted by Crippen LogP contribution is -2.47. The number of hydrogen-bond acceptors (Lipinski definition) is 5. The molecule has 0 radical (unpaired) electrons. The Morgan fingerprint density at radius 2 is 2.11 bits per heavy atom. The maximum atomic E-state index is 11.8. The van der Waals surface area contributed by atoms with Gasteiger partial charge in [0.15, 0.2) is 0 Å². The summed E-state index contributed by atoms with van der Waals surface area (Å²) in [5, 5.41) is 16.3. The van der Waals surface area contributed by atoms with Crippen LogP contribution in [-0.4, -0.2) is 27.4 Å². The van der Waals surface area contributed by atoms with Crippen molar-refractivity contribution in [2.75, 3.05) is 5.32 Å². The molecule has 0 aromatic carbocycles. The molecular formula is C12H18N4O3. The third-order valence-corrected chi connectivity index (χ3v) is 2.21. The third-order valence-electron chi connectivity index (χ3n) is 2.21. The Kier molecular flexibility index (Phi) is 4.42. The molecule has 19 heavy (non-hydrogen) atoms. The van der Waals surface area contributed by atoms with E-state index in [4.69, 9.17) is 0 Å². The topological polar surface area (TPSA) is 97.2 Å². The quantitative estimate of drug-likeness (QED) is 0.638. The highest BCUT2D eigenvalue weighted by atomic mass is 16.6. The molecule has 1 atom stereocenters. The summed E-state index contributed by atoms with van der Waals surface area (Å²) >= 11 is 0. The van der Waals surface area contributed by atoms with Crippen molar-refractivity contribution in [1.82, 2.24) is 10.3 Å². The van der Waals surface area contributed by atoms with E-state index in [0.29, 0.717) is 5.82 Å². The number of amides is 1. The normalized spacial score (nSPS) is 12.6. The molecule has 7 heteroatoms. The first-order valence-corrected chi connectivity index (χ1v) is 5.88. The van der Waals surface area contributed by atoms with Crippen molar-refractivity contribution < 1.29 is 9.72 Å². The van der Waals surface area contributed by atoms with Crippen LogP contribution in [0.5, 0.6) is 0 Å². The standard InChI is InChI=1S/C12H18N4O3/c1-8(11(17)15-12(2,3)4)14-10-7-9(16(18)19)5-6-13-10/h5-8H,1-4H3,(H,13,14)(H,15,17).